The maximum Gasteiger partial charge on any atom is 0.161 e. The molecule has 0 aliphatic rings. The number of benzene rings is 3. The summed E-state index contributed by atoms with van der Waals surface area (Å²) < 4.78 is 11.9. The van der Waals surface area contributed by atoms with Gasteiger partial charge >= 0.3 is 0 Å². The zero-order valence-corrected chi connectivity index (χ0v) is 19.7. The Balaban J connectivity index is 1.66. The number of nitrogens with one attached hydrogen (secondary N) is 1. The van der Waals surface area contributed by atoms with Crippen LogP contribution in [-0.2, 0) is 0 Å². The summed E-state index contributed by atoms with van der Waals surface area (Å²) in [5.41, 5.74) is 3.94. The van der Waals surface area contributed by atoms with Crippen molar-refractivity contribution in [3.8, 4) is 11.5 Å². The van der Waals surface area contributed by atoms with Crippen molar-refractivity contribution in [3.05, 3.63) is 95.6 Å². The molecule has 1 atom stereocenters. The first-order chi connectivity index (χ1) is 15.7. The summed E-state index contributed by atoms with van der Waals surface area (Å²) in [5, 5.41) is 3.72. The van der Waals surface area contributed by atoms with E-state index in [-0.39, 0.29) is 6.04 Å². The highest BCUT2D eigenvalue weighted by atomic mass is 16.5. The summed E-state index contributed by atoms with van der Waals surface area (Å²) in [5.74, 6) is 2.06. The SMILES string of the molecule is CCCOc1ccc(C(C)NCCC(c2ccccc2)c2ccccc2)cc1OCCC. The molecule has 0 aromatic heterocycles. The molecule has 0 bridgehead atoms. The second-order valence-electron chi connectivity index (χ2n) is 8.24. The summed E-state index contributed by atoms with van der Waals surface area (Å²) in [6.07, 6.45) is 3.00. The second kappa shape index (κ2) is 12.9. The van der Waals surface area contributed by atoms with Crippen molar-refractivity contribution >= 4 is 0 Å². The highest BCUT2D eigenvalue weighted by molar-refractivity contribution is 5.44. The van der Waals surface area contributed by atoms with E-state index in [2.05, 4.69) is 98.9 Å². The Labute approximate surface area is 193 Å². The van der Waals surface area contributed by atoms with Crippen LogP contribution in [0.2, 0.25) is 0 Å². The Morgan fingerprint density at radius 2 is 1.25 bits per heavy atom. The summed E-state index contributed by atoms with van der Waals surface area (Å²) in [6, 6.07) is 28.1. The molecule has 0 amide bonds. The monoisotopic (exact) mass is 431 g/mol. The van der Waals surface area contributed by atoms with Crippen molar-refractivity contribution in [2.24, 2.45) is 0 Å². The first-order valence-corrected chi connectivity index (χ1v) is 12.0. The molecular weight excluding hydrogens is 394 g/mol. The first kappa shape index (κ1) is 23.9. The molecule has 3 aromatic carbocycles. The standard InChI is InChI=1S/C29H37NO2/c1-4-20-31-28-17-16-26(22-29(28)32-21-5-2)23(3)30-19-18-27(24-12-8-6-9-13-24)25-14-10-7-11-15-25/h6-17,22-23,27,30H,4-5,18-21H2,1-3H3. The molecule has 3 heteroatoms. The number of ether oxygens (including phenoxy) is 2. The normalized spacial score (nSPS) is 12.0. The highest BCUT2D eigenvalue weighted by Gasteiger charge is 2.15. The van der Waals surface area contributed by atoms with E-state index in [0.717, 1.165) is 37.3 Å². The quantitative estimate of drug-likeness (QED) is 0.312. The predicted molar refractivity (Wildman–Crippen MR) is 134 cm³/mol. The molecule has 170 valence electrons. The molecule has 0 aliphatic heterocycles. The van der Waals surface area contributed by atoms with E-state index in [1.165, 1.54) is 16.7 Å². The van der Waals surface area contributed by atoms with Crippen molar-refractivity contribution in [1.29, 1.82) is 0 Å². The van der Waals surface area contributed by atoms with Gasteiger partial charge in [0, 0.05) is 12.0 Å². The van der Waals surface area contributed by atoms with Crippen LogP contribution in [0.5, 0.6) is 11.5 Å². The van der Waals surface area contributed by atoms with Gasteiger partial charge in [-0.3, -0.25) is 0 Å². The van der Waals surface area contributed by atoms with Crippen LogP contribution in [0.1, 0.15) is 68.7 Å². The lowest BCUT2D eigenvalue weighted by molar-refractivity contribution is 0.268. The molecule has 0 saturated heterocycles. The average Bonchev–Trinajstić information content (AvgIpc) is 2.85. The van der Waals surface area contributed by atoms with E-state index in [4.69, 9.17) is 9.47 Å². The number of hydrogen-bond acceptors (Lipinski definition) is 3. The Hall–Kier alpha value is -2.78. The molecule has 1 unspecified atom stereocenters. The van der Waals surface area contributed by atoms with Crippen molar-refractivity contribution in [3.63, 3.8) is 0 Å². The molecule has 0 fully saturated rings. The Bertz CT molecular complexity index is 871. The molecule has 0 saturated carbocycles. The van der Waals surface area contributed by atoms with E-state index in [9.17, 15) is 0 Å². The lowest BCUT2D eigenvalue weighted by atomic mass is 9.88. The third-order valence-corrected chi connectivity index (χ3v) is 5.68. The van der Waals surface area contributed by atoms with Gasteiger partial charge in [0.25, 0.3) is 0 Å². The van der Waals surface area contributed by atoms with Crippen LogP contribution in [-0.4, -0.2) is 19.8 Å². The van der Waals surface area contributed by atoms with Gasteiger partial charge in [-0.25, -0.2) is 0 Å². The number of rotatable bonds is 13. The minimum Gasteiger partial charge on any atom is -0.490 e. The molecule has 3 nitrogen and oxygen atoms in total. The van der Waals surface area contributed by atoms with Crippen LogP contribution in [0.4, 0.5) is 0 Å². The summed E-state index contributed by atoms with van der Waals surface area (Å²) >= 11 is 0. The van der Waals surface area contributed by atoms with Gasteiger partial charge in [-0.2, -0.15) is 0 Å². The Morgan fingerprint density at radius 3 is 1.81 bits per heavy atom. The topological polar surface area (TPSA) is 30.5 Å². The minimum absolute atomic E-state index is 0.228. The van der Waals surface area contributed by atoms with Gasteiger partial charge in [0.05, 0.1) is 13.2 Å². The molecule has 0 radical (unpaired) electrons. The van der Waals surface area contributed by atoms with Gasteiger partial charge in [0.15, 0.2) is 11.5 Å². The van der Waals surface area contributed by atoms with E-state index >= 15 is 0 Å². The third kappa shape index (κ3) is 6.86. The van der Waals surface area contributed by atoms with Gasteiger partial charge in [-0.15, -0.1) is 0 Å². The van der Waals surface area contributed by atoms with Crippen molar-refractivity contribution in [2.45, 2.75) is 52.0 Å². The van der Waals surface area contributed by atoms with Crippen molar-refractivity contribution in [2.75, 3.05) is 19.8 Å². The van der Waals surface area contributed by atoms with Crippen LogP contribution in [0.15, 0.2) is 78.9 Å². The lowest BCUT2D eigenvalue weighted by Gasteiger charge is -2.21. The van der Waals surface area contributed by atoms with E-state index < -0.39 is 0 Å². The lowest BCUT2D eigenvalue weighted by Crippen LogP contribution is -2.22. The molecule has 3 rings (SSSR count). The fourth-order valence-electron chi connectivity index (χ4n) is 3.91. The van der Waals surface area contributed by atoms with Crippen LogP contribution in [0, 0.1) is 0 Å². The largest absolute Gasteiger partial charge is 0.490 e. The summed E-state index contributed by atoms with van der Waals surface area (Å²) in [4.78, 5) is 0. The number of hydrogen-bond donors (Lipinski definition) is 1. The van der Waals surface area contributed by atoms with E-state index in [1.807, 2.05) is 6.07 Å². The van der Waals surface area contributed by atoms with Crippen LogP contribution in [0.25, 0.3) is 0 Å². The second-order valence-corrected chi connectivity index (χ2v) is 8.24. The van der Waals surface area contributed by atoms with Gasteiger partial charge in [-0.1, -0.05) is 80.6 Å². The molecule has 1 N–H and O–H groups in total. The maximum absolute atomic E-state index is 5.98. The first-order valence-electron chi connectivity index (χ1n) is 12.0. The van der Waals surface area contributed by atoms with Gasteiger partial charge in [0.1, 0.15) is 0 Å². The zero-order chi connectivity index (χ0) is 22.6. The molecule has 32 heavy (non-hydrogen) atoms. The maximum atomic E-state index is 5.98. The third-order valence-electron chi connectivity index (χ3n) is 5.68. The van der Waals surface area contributed by atoms with Crippen molar-refractivity contribution in [1.82, 2.24) is 5.32 Å². The fourth-order valence-corrected chi connectivity index (χ4v) is 3.91. The Kier molecular flexibility index (Phi) is 9.64. The molecule has 0 spiro atoms. The summed E-state index contributed by atoms with van der Waals surface area (Å²) in [7, 11) is 0. The van der Waals surface area contributed by atoms with Gasteiger partial charge in [-0.05, 0) is 61.6 Å². The average molecular weight is 432 g/mol. The molecular formula is C29H37NO2. The van der Waals surface area contributed by atoms with Crippen LogP contribution in [0.3, 0.4) is 0 Å². The molecule has 0 heterocycles. The predicted octanol–water partition coefficient (Wildman–Crippen LogP) is 7.14. The smallest absolute Gasteiger partial charge is 0.161 e. The molecule has 3 aromatic rings. The van der Waals surface area contributed by atoms with Crippen LogP contribution >= 0.6 is 0 Å². The van der Waals surface area contributed by atoms with Gasteiger partial charge in [0.2, 0.25) is 0 Å². The highest BCUT2D eigenvalue weighted by Crippen LogP contribution is 2.32. The van der Waals surface area contributed by atoms with Crippen LogP contribution < -0.4 is 14.8 Å². The fraction of sp³-hybridized carbons (Fsp3) is 0.379. The minimum atomic E-state index is 0.228. The van der Waals surface area contributed by atoms with E-state index in [0.29, 0.717) is 19.1 Å². The van der Waals surface area contributed by atoms with Gasteiger partial charge < -0.3 is 14.8 Å². The Morgan fingerprint density at radius 1 is 0.688 bits per heavy atom. The zero-order valence-electron chi connectivity index (χ0n) is 19.7. The van der Waals surface area contributed by atoms with Crippen molar-refractivity contribution < 1.29 is 9.47 Å². The summed E-state index contributed by atoms with van der Waals surface area (Å²) in [6.45, 7) is 8.78. The molecule has 0 aliphatic carbocycles. The van der Waals surface area contributed by atoms with E-state index in [1.54, 1.807) is 0 Å².